The second-order valence-corrected chi connectivity index (χ2v) is 8.62. The third-order valence-corrected chi connectivity index (χ3v) is 6.93. The van der Waals surface area contributed by atoms with Gasteiger partial charge >= 0.3 is 5.76 Å². The first kappa shape index (κ1) is 26.5. The van der Waals surface area contributed by atoms with Crippen LogP contribution in [0.3, 0.4) is 0 Å². The smallest absolute Gasteiger partial charge is 0.420 e. The summed E-state index contributed by atoms with van der Waals surface area (Å²) < 4.78 is 18.5. The van der Waals surface area contributed by atoms with Crippen molar-refractivity contribution in [1.82, 2.24) is 14.5 Å². The Labute approximate surface area is 213 Å². The van der Waals surface area contributed by atoms with Crippen molar-refractivity contribution in [2.75, 3.05) is 45.3 Å². The van der Waals surface area contributed by atoms with E-state index in [2.05, 4.69) is 18.7 Å². The molecule has 0 aliphatic carbocycles. The first-order chi connectivity index (χ1) is 16.5. The van der Waals surface area contributed by atoms with Gasteiger partial charge in [0.05, 0.1) is 19.7 Å². The average Bonchev–Trinajstić information content (AvgIpc) is 3.42. The molecule has 9 nitrogen and oxygen atoms in total. The van der Waals surface area contributed by atoms with Gasteiger partial charge in [-0.15, -0.1) is 12.4 Å². The van der Waals surface area contributed by atoms with Gasteiger partial charge in [-0.3, -0.25) is 14.3 Å². The molecule has 0 radical (unpaired) electrons. The summed E-state index contributed by atoms with van der Waals surface area (Å²) in [5.41, 5.74) is 1.66. The fourth-order valence-corrected chi connectivity index (χ4v) is 5.00. The second kappa shape index (κ2) is 11.6. The molecule has 0 saturated carbocycles. The Morgan fingerprint density at radius 1 is 1.06 bits per heavy atom. The number of carbonyl (C=O) groups excluding carboxylic acids is 1. The van der Waals surface area contributed by atoms with Crippen molar-refractivity contribution >= 4 is 56.1 Å². The molecule has 0 atom stereocenters. The fraction of sp³-hybridized carbons (Fsp3) is 0.375. The van der Waals surface area contributed by atoms with E-state index in [1.807, 2.05) is 12.1 Å². The molecule has 2 aromatic carbocycles. The SMILES string of the molecule is CCN(CC)CCN(C(=O)Cn1c(=O)oc2ccccc21)c1nc2c(OC)ccc(OC)c2s1.Cl. The molecule has 2 heterocycles. The lowest BCUT2D eigenvalue weighted by molar-refractivity contribution is -0.119. The van der Waals surface area contributed by atoms with E-state index in [-0.39, 0.29) is 24.9 Å². The lowest BCUT2D eigenvalue weighted by Crippen LogP contribution is -2.41. The quantitative estimate of drug-likeness (QED) is 0.312. The number of oxazole rings is 1. The number of rotatable bonds is 10. The van der Waals surface area contributed by atoms with Crippen molar-refractivity contribution in [3.8, 4) is 11.5 Å². The Morgan fingerprint density at radius 3 is 2.43 bits per heavy atom. The number of benzene rings is 2. The first-order valence-corrected chi connectivity index (χ1v) is 11.9. The summed E-state index contributed by atoms with van der Waals surface area (Å²) in [6.07, 6.45) is 0. The Morgan fingerprint density at radius 2 is 1.74 bits per heavy atom. The van der Waals surface area contributed by atoms with E-state index >= 15 is 0 Å². The van der Waals surface area contributed by atoms with Gasteiger partial charge in [0.25, 0.3) is 0 Å². The number of halogens is 1. The first-order valence-electron chi connectivity index (χ1n) is 11.1. The summed E-state index contributed by atoms with van der Waals surface area (Å²) in [5, 5.41) is 0.524. The maximum atomic E-state index is 13.6. The van der Waals surface area contributed by atoms with Crippen LogP contribution in [0.4, 0.5) is 5.13 Å². The lowest BCUT2D eigenvalue weighted by Gasteiger charge is -2.24. The number of hydrogen-bond donors (Lipinski definition) is 0. The summed E-state index contributed by atoms with van der Waals surface area (Å²) >= 11 is 1.36. The number of hydrogen-bond acceptors (Lipinski definition) is 8. The monoisotopic (exact) mass is 520 g/mol. The normalized spacial score (nSPS) is 11.1. The third-order valence-electron chi connectivity index (χ3n) is 5.83. The van der Waals surface area contributed by atoms with Crippen LogP contribution in [0.5, 0.6) is 11.5 Å². The molecule has 0 fully saturated rings. The van der Waals surface area contributed by atoms with E-state index in [0.29, 0.717) is 46.3 Å². The number of aromatic nitrogens is 2. The Balaban J connectivity index is 0.00000342. The van der Waals surface area contributed by atoms with E-state index in [4.69, 9.17) is 18.9 Å². The minimum Gasteiger partial charge on any atom is -0.495 e. The van der Waals surface area contributed by atoms with Crippen LogP contribution in [0.25, 0.3) is 21.3 Å². The van der Waals surface area contributed by atoms with Gasteiger partial charge in [0.1, 0.15) is 28.3 Å². The minimum absolute atomic E-state index is 0. The van der Waals surface area contributed by atoms with Crippen molar-refractivity contribution in [3.63, 3.8) is 0 Å². The van der Waals surface area contributed by atoms with E-state index in [9.17, 15) is 9.59 Å². The summed E-state index contributed by atoms with van der Waals surface area (Å²) in [6.45, 7) is 6.84. The number of fused-ring (bicyclic) bond motifs is 2. The fourth-order valence-electron chi connectivity index (χ4n) is 3.88. The molecule has 11 heteroatoms. The molecule has 4 rings (SSSR count). The third kappa shape index (κ3) is 5.29. The van der Waals surface area contributed by atoms with Crippen LogP contribution in [0, 0.1) is 0 Å². The van der Waals surface area contributed by atoms with Gasteiger partial charge in [-0.2, -0.15) is 0 Å². The molecular weight excluding hydrogens is 492 g/mol. The summed E-state index contributed by atoms with van der Waals surface area (Å²) in [4.78, 5) is 34.7. The number of nitrogens with zero attached hydrogens (tertiary/aromatic N) is 4. The van der Waals surface area contributed by atoms with Crippen molar-refractivity contribution in [2.24, 2.45) is 0 Å². The number of ether oxygens (including phenoxy) is 2. The predicted octanol–water partition coefficient (Wildman–Crippen LogP) is 4.02. The van der Waals surface area contributed by atoms with Gasteiger partial charge in [0.15, 0.2) is 10.7 Å². The lowest BCUT2D eigenvalue weighted by atomic mass is 10.3. The molecule has 0 unspecified atom stereocenters. The van der Waals surface area contributed by atoms with Crippen LogP contribution in [0.1, 0.15) is 13.8 Å². The van der Waals surface area contributed by atoms with E-state index in [0.717, 1.165) is 17.8 Å². The summed E-state index contributed by atoms with van der Waals surface area (Å²) in [7, 11) is 3.18. The van der Waals surface area contributed by atoms with Crippen LogP contribution >= 0.6 is 23.7 Å². The van der Waals surface area contributed by atoms with E-state index < -0.39 is 5.76 Å². The zero-order valence-corrected chi connectivity index (χ0v) is 21.8. The number of carbonyl (C=O) groups is 1. The van der Waals surface area contributed by atoms with Gasteiger partial charge in [-0.05, 0) is 37.4 Å². The summed E-state index contributed by atoms with van der Waals surface area (Å²) in [6, 6.07) is 10.7. The number of methoxy groups -OCH3 is 2. The van der Waals surface area contributed by atoms with E-state index in [1.54, 1.807) is 43.4 Å². The Bertz CT molecular complexity index is 1320. The molecular formula is C24H29ClN4O5S. The number of thiazole rings is 1. The molecule has 4 aromatic rings. The molecule has 35 heavy (non-hydrogen) atoms. The highest BCUT2D eigenvalue weighted by atomic mass is 35.5. The molecule has 0 saturated heterocycles. The highest BCUT2D eigenvalue weighted by molar-refractivity contribution is 7.22. The number of anilines is 1. The molecule has 1 amide bonds. The van der Waals surface area contributed by atoms with Gasteiger partial charge in [0.2, 0.25) is 5.91 Å². The topological polar surface area (TPSA) is 90.0 Å². The average molecular weight is 521 g/mol. The van der Waals surface area contributed by atoms with Crippen molar-refractivity contribution < 1.29 is 18.7 Å². The van der Waals surface area contributed by atoms with Crippen LogP contribution in [-0.4, -0.2) is 60.8 Å². The molecule has 0 aliphatic heterocycles. The molecule has 0 aliphatic rings. The highest BCUT2D eigenvalue weighted by Gasteiger charge is 2.24. The molecule has 0 bridgehead atoms. The van der Waals surface area contributed by atoms with Crippen LogP contribution in [0.15, 0.2) is 45.6 Å². The standard InChI is InChI=1S/C24H28N4O5S.ClH/c1-5-26(6-2)13-14-27(20(29)15-28-16-9-7-8-10-17(16)33-24(28)30)23-25-21-18(31-3)11-12-19(32-4)22(21)34-23;/h7-12H,5-6,13-15H2,1-4H3;1H. The predicted molar refractivity (Wildman–Crippen MR) is 141 cm³/mol. The van der Waals surface area contributed by atoms with Crippen molar-refractivity contribution in [1.29, 1.82) is 0 Å². The van der Waals surface area contributed by atoms with Gasteiger partial charge in [0, 0.05) is 13.1 Å². The molecule has 0 N–H and O–H groups in total. The van der Waals surface area contributed by atoms with Crippen LogP contribution in [-0.2, 0) is 11.3 Å². The number of likely N-dealkylation sites (N-methyl/N-ethyl adjacent to an activating group) is 1. The molecule has 0 spiro atoms. The zero-order chi connectivity index (χ0) is 24.2. The zero-order valence-electron chi connectivity index (χ0n) is 20.1. The van der Waals surface area contributed by atoms with E-state index in [1.165, 1.54) is 15.9 Å². The number of para-hydroxylation sites is 2. The Hall–Kier alpha value is -3.08. The second-order valence-electron chi connectivity index (χ2n) is 7.64. The van der Waals surface area contributed by atoms with Crippen molar-refractivity contribution in [2.45, 2.75) is 20.4 Å². The molecule has 2 aromatic heterocycles. The van der Waals surface area contributed by atoms with Gasteiger partial charge in [-0.1, -0.05) is 37.3 Å². The van der Waals surface area contributed by atoms with Crippen LogP contribution in [0.2, 0.25) is 0 Å². The van der Waals surface area contributed by atoms with Gasteiger partial charge in [-0.25, -0.2) is 9.78 Å². The molecule has 188 valence electrons. The minimum atomic E-state index is -0.564. The maximum absolute atomic E-state index is 13.6. The highest BCUT2D eigenvalue weighted by Crippen LogP contribution is 2.40. The van der Waals surface area contributed by atoms with Crippen molar-refractivity contribution in [3.05, 3.63) is 46.9 Å². The van der Waals surface area contributed by atoms with Gasteiger partial charge < -0.3 is 18.8 Å². The summed E-state index contributed by atoms with van der Waals surface area (Å²) in [5.74, 6) is 0.447. The number of amides is 1. The maximum Gasteiger partial charge on any atom is 0.420 e. The Kier molecular flexibility index (Phi) is 8.76. The largest absolute Gasteiger partial charge is 0.495 e. The van der Waals surface area contributed by atoms with Crippen LogP contribution < -0.4 is 20.1 Å².